The summed E-state index contributed by atoms with van der Waals surface area (Å²) in [4.78, 5) is 0. The molecule has 0 aromatic heterocycles. The molecule has 1 atom stereocenters. The highest BCUT2D eigenvalue weighted by Crippen LogP contribution is 2.31. The van der Waals surface area contributed by atoms with Gasteiger partial charge in [-0.1, -0.05) is 33.6 Å². The van der Waals surface area contributed by atoms with Crippen LogP contribution < -0.4 is 4.74 Å². The molecule has 1 unspecified atom stereocenters. The summed E-state index contributed by atoms with van der Waals surface area (Å²) in [5, 5.41) is 10.3. The first-order valence-electron chi connectivity index (χ1n) is 5.89. The molecule has 0 spiro atoms. The van der Waals surface area contributed by atoms with Gasteiger partial charge in [0.05, 0.1) is 6.10 Å². The highest BCUT2D eigenvalue weighted by atomic mass is 79.9. The van der Waals surface area contributed by atoms with Gasteiger partial charge in [-0.05, 0) is 55.3 Å². The second kappa shape index (κ2) is 5.95. The molecule has 0 saturated heterocycles. The average molecular weight is 342 g/mol. The van der Waals surface area contributed by atoms with E-state index in [1.807, 2.05) is 43.3 Å². The SMILES string of the molecule is Cc1cc(Oc2ccc(C(C)O)c(Br)c2)ccc1Cl. The van der Waals surface area contributed by atoms with Crippen molar-refractivity contribution in [1.82, 2.24) is 0 Å². The highest BCUT2D eigenvalue weighted by Gasteiger charge is 2.08. The Labute approximate surface area is 126 Å². The molecule has 0 aliphatic rings. The van der Waals surface area contributed by atoms with Crippen LogP contribution in [-0.2, 0) is 0 Å². The number of aliphatic hydroxyl groups is 1. The maximum absolute atomic E-state index is 9.57. The van der Waals surface area contributed by atoms with Crippen LogP contribution in [0.25, 0.3) is 0 Å². The third kappa shape index (κ3) is 3.50. The molecule has 0 aliphatic heterocycles. The molecule has 1 N–H and O–H groups in total. The summed E-state index contributed by atoms with van der Waals surface area (Å²) in [6.45, 7) is 3.66. The fourth-order valence-electron chi connectivity index (χ4n) is 1.73. The van der Waals surface area contributed by atoms with Crippen molar-refractivity contribution in [1.29, 1.82) is 0 Å². The second-order valence-corrected chi connectivity index (χ2v) is 5.63. The summed E-state index contributed by atoms with van der Waals surface area (Å²) in [7, 11) is 0. The monoisotopic (exact) mass is 340 g/mol. The molecule has 2 nitrogen and oxygen atoms in total. The smallest absolute Gasteiger partial charge is 0.128 e. The number of ether oxygens (including phenoxy) is 1. The number of rotatable bonds is 3. The van der Waals surface area contributed by atoms with Gasteiger partial charge in [0.2, 0.25) is 0 Å². The van der Waals surface area contributed by atoms with Crippen molar-refractivity contribution >= 4 is 27.5 Å². The van der Waals surface area contributed by atoms with E-state index in [0.29, 0.717) is 5.75 Å². The summed E-state index contributed by atoms with van der Waals surface area (Å²) in [6.07, 6.45) is -0.513. The highest BCUT2D eigenvalue weighted by molar-refractivity contribution is 9.10. The van der Waals surface area contributed by atoms with Gasteiger partial charge in [-0.15, -0.1) is 0 Å². The van der Waals surface area contributed by atoms with Crippen LogP contribution in [0.15, 0.2) is 40.9 Å². The van der Waals surface area contributed by atoms with E-state index in [1.165, 1.54) is 0 Å². The first-order chi connectivity index (χ1) is 8.97. The number of benzene rings is 2. The first kappa shape index (κ1) is 14.4. The lowest BCUT2D eigenvalue weighted by Gasteiger charge is -2.11. The Morgan fingerprint density at radius 2 is 1.79 bits per heavy atom. The molecule has 0 heterocycles. The number of hydrogen-bond acceptors (Lipinski definition) is 2. The third-order valence-electron chi connectivity index (χ3n) is 2.79. The molecule has 2 aromatic carbocycles. The van der Waals surface area contributed by atoms with Crippen molar-refractivity contribution in [2.75, 3.05) is 0 Å². The van der Waals surface area contributed by atoms with Crippen LogP contribution in [0.4, 0.5) is 0 Å². The largest absolute Gasteiger partial charge is 0.457 e. The van der Waals surface area contributed by atoms with Crippen LogP contribution in [0.3, 0.4) is 0 Å². The summed E-state index contributed by atoms with van der Waals surface area (Å²) >= 11 is 9.40. The molecule has 0 aliphatic carbocycles. The van der Waals surface area contributed by atoms with Gasteiger partial charge in [-0.2, -0.15) is 0 Å². The van der Waals surface area contributed by atoms with E-state index in [4.69, 9.17) is 16.3 Å². The van der Waals surface area contributed by atoms with Gasteiger partial charge >= 0.3 is 0 Å². The Morgan fingerprint density at radius 1 is 1.16 bits per heavy atom. The van der Waals surface area contributed by atoms with E-state index in [1.54, 1.807) is 6.92 Å². The van der Waals surface area contributed by atoms with Gasteiger partial charge in [0, 0.05) is 9.50 Å². The van der Waals surface area contributed by atoms with Crippen LogP contribution >= 0.6 is 27.5 Å². The molecule has 0 amide bonds. The summed E-state index contributed by atoms with van der Waals surface area (Å²) in [5.41, 5.74) is 1.80. The minimum atomic E-state index is -0.513. The van der Waals surface area contributed by atoms with Crippen molar-refractivity contribution in [3.63, 3.8) is 0 Å². The molecule has 4 heteroatoms. The maximum atomic E-state index is 9.57. The fraction of sp³-hybridized carbons (Fsp3) is 0.200. The molecule has 2 aromatic rings. The van der Waals surface area contributed by atoms with Gasteiger partial charge in [-0.25, -0.2) is 0 Å². The van der Waals surface area contributed by atoms with Crippen molar-refractivity contribution < 1.29 is 9.84 Å². The molecular formula is C15H14BrClO2. The number of aryl methyl sites for hydroxylation is 1. The summed E-state index contributed by atoms with van der Waals surface area (Å²) in [5.74, 6) is 1.44. The second-order valence-electron chi connectivity index (χ2n) is 4.37. The normalized spacial score (nSPS) is 12.3. The molecule has 0 fully saturated rings. The Hall–Kier alpha value is -1.03. The van der Waals surface area contributed by atoms with E-state index in [0.717, 1.165) is 26.4 Å². The van der Waals surface area contributed by atoms with Crippen LogP contribution in [0.1, 0.15) is 24.2 Å². The fourth-order valence-corrected chi connectivity index (χ4v) is 2.53. The van der Waals surface area contributed by atoms with Gasteiger partial charge in [0.25, 0.3) is 0 Å². The van der Waals surface area contributed by atoms with Crippen LogP contribution in [0.5, 0.6) is 11.5 Å². The van der Waals surface area contributed by atoms with E-state index in [-0.39, 0.29) is 0 Å². The summed E-state index contributed by atoms with van der Waals surface area (Å²) in [6, 6.07) is 11.0. The molecule has 0 radical (unpaired) electrons. The lowest BCUT2D eigenvalue weighted by Crippen LogP contribution is -1.93. The Morgan fingerprint density at radius 3 is 2.37 bits per heavy atom. The topological polar surface area (TPSA) is 29.5 Å². The molecule has 2 rings (SSSR count). The number of aliphatic hydroxyl groups excluding tert-OH is 1. The Bertz CT molecular complexity index is 597. The summed E-state index contributed by atoms with van der Waals surface area (Å²) < 4.78 is 6.58. The van der Waals surface area contributed by atoms with Gasteiger partial charge in [-0.3, -0.25) is 0 Å². The molecule has 19 heavy (non-hydrogen) atoms. The minimum Gasteiger partial charge on any atom is -0.457 e. The van der Waals surface area contributed by atoms with E-state index < -0.39 is 6.10 Å². The van der Waals surface area contributed by atoms with Crippen LogP contribution in [0, 0.1) is 6.92 Å². The lowest BCUT2D eigenvalue weighted by atomic mass is 10.1. The minimum absolute atomic E-state index is 0.513. The molecule has 0 saturated carbocycles. The predicted octanol–water partition coefficient (Wildman–Crippen LogP) is 5.26. The third-order valence-corrected chi connectivity index (χ3v) is 3.90. The van der Waals surface area contributed by atoms with E-state index in [9.17, 15) is 5.11 Å². The van der Waals surface area contributed by atoms with E-state index >= 15 is 0 Å². The van der Waals surface area contributed by atoms with E-state index in [2.05, 4.69) is 15.9 Å². The number of halogens is 2. The zero-order chi connectivity index (χ0) is 14.0. The Balaban J connectivity index is 2.24. The zero-order valence-electron chi connectivity index (χ0n) is 10.7. The van der Waals surface area contributed by atoms with Gasteiger partial charge in [0.15, 0.2) is 0 Å². The first-order valence-corrected chi connectivity index (χ1v) is 7.06. The average Bonchev–Trinajstić information content (AvgIpc) is 2.33. The zero-order valence-corrected chi connectivity index (χ0v) is 13.0. The molecule has 0 bridgehead atoms. The van der Waals surface area contributed by atoms with Crippen molar-refractivity contribution in [3.05, 3.63) is 57.0 Å². The standard InChI is InChI=1S/C15H14BrClO2/c1-9-7-11(4-6-15(9)17)19-12-3-5-13(10(2)18)14(16)8-12/h3-8,10,18H,1-2H3. The lowest BCUT2D eigenvalue weighted by molar-refractivity contribution is 0.198. The van der Waals surface area contributed by atoms with Crippen molar-refractivity contribution in [2.24, 2.45) is 0 Å². The number of hydrogen-bond donors (Lipinski definition) is 1. The maximum Gasteiger partial charge on any atom is 0.128 e. The quantitative estimate of drug-likeness (QED) is 0.825. The predicted molar refractivity (Wildman–Crippen MR) is 81.0 cm³/mol. The van der Waals surface area contributed by atoms with Crippen molar-refractivity contribution in [3.8, 4) is 11.5 Å². The van der Waals surface area contributed by atoms with Gasteiger partial charge < -0.3 is 9.84 Å². The van der Waals surface area contributed by atoms with Crippen molar-refractivity contribution in [2.45, 2.75) is 20.0 Å². The van der Waals surface area contributed by atoms with Crippen LogP contribution in [-0.4, -0.2) is 5.11 Å². The Kier molecular flexibility index (Phi) is 4.50. The van der Waals surface area contributed by atoms with Gasteiger partial charge in [0.1, 0.15) is 11.5 Å². The van der Waals surface area contributed by atoms with Crippen LogP contribution in [0.2, 0.25) is 5.02 Å². The molecule has 100 valence electrons. The molecular weight excluding hydrogens is 328 g/mol.